The molecule has 1 aromatic heterocycles. The van der Waals surface area contributed by atoms with Crippen molar-refractivity contribution in [3.8, 4) is 5.75 Å². The average molecular weight is 207 g/mol. The summed E-state index contributed by atoms with van der Waals surface area (Å²) in [5, 5.41) is 28.1. The summed E-state index contributed by atoms with van der Waals surface area (Å²) in [7, 11) is 0. The standard InChI is InChI=1S/C10H9NO4/c12-8-5-3-4-11-7(5)2-1-6(8)9(13)10(14)15/h1-4,9,11-13H,(H,14,15). The smallest absolute Gasteiger partial charge is 0.337 e. The summed E-state index contributed by atoms with van der Waals surface area (Å²) in [6.07, 6.45) is -0.0780. The number of hydrogen-bond donors (Lipinski definition) is 4. The number of aliphatic hydroxyl groups excluding tert-OH is 1. The van der Waals surface area contributed by atoms with Crippen LogP contribution in [-0.2, 0) is 4.79 Å². The van der Waals surface area contributed by atoms with Gasteiger partial charge in [0.25, 0.3) is 0 Å². The Bertz CT molecular complexity index is 517. The van der Waals surface area contributed by atoms with Gasteiger partial charge in [0, 0.05) is 22.7 Å². The van der Waals surface area contributed by atoms with Gasteiger partial charge in [-0.05, 0) is 12.1 Å². The molecule has 1 aromatic carbocycles. The number of phenols is 1. The van der Waals surface area contributed by atoms with E-state index in [4.69, 9.17) is 5.11 Å². The molecule has 0 spiro atoms. The van der Waals surface area contributed by atoms with E-state index in [0.29, 0.717) is 10.9 Å². The minimum atomic E-state index is -1.70. The van der Waals surface area contributed by atoms with Crippen LogP contribution in [0.15, 0.2) is 24.4 Å². The van der Waals surface area contributed by atoms with Gasteiger partial charge < -0.3 is 20.3 Å². The number of fused-ring (bicyclic) bond motifs is 1. The number of H-pyrrole nitrogens is 1. The van der Waals surface area contributed by atoms with E-state index in [-0.39, 0.29) is 11.3 Å². The highest BCUT2D eigenvalue weighted by molar-refractivity contribution is 5.89. The van der Waals surface area contributed by atoms with Crippen molar-refractivity contribution in [2.75, 3.05) is 0 Å². The van der Waals surface area contributed by atoms with E-state index >= 15 is 0 Å². The maximum atomic E-state index is 10.6. The van der Waals surface area contributed by atoms with Crippen LogP contribution in [0.4, 0.5) is 0 Å². The zero-order valence-corrected chi connectivity index (χ0v) is 7.64. The first kappa shape index (κ1) is 9.54. The maximum Gasteiger partial charge on any atom is 0.337 e. The Labute approximate surface area is 84.6 Å². The fourth-order valence-corrected chi connectivity index (χ4v) is 1.49. The van der Waals surface area contributed by atoms with Gasteiger partial charge in [-0.3, -0.25) is 0 Å². The fraction of sp³-hybridized carbons (Fsp3) is 0.100. The number of aliphatic hydroxyl groups is 1. The van der Waals surface area contributed by atoms with Gasteiger partial charge >= 0.3 is 5.97 Å². The van der Waals surface area contributed by atoms with Gasteiger partial charge in [-0.25, -0.2) is 4.79 Å². The molecule has 15 heavy (non-hydrogen) atoms. The number of carbonyl (C=O) groups is 1. The number of nitrogens with one attached hydrogen (secondary N) is 1. The molecule has 0 aliphatic rings. The van der Waals surface area contributed by atoms with Crippen LogP contribution in [0.25, 0.3) is 10.9 Å². The summed E-state index contributed by atoms with van der Waals surface area (Å²) >= 11 is 0. The third kappa shape index (κ3) is 1.42. The number of carboxylic acids is 1. The van der Waals surface area contributed by atoms with Gasteiger partial charge in [0.2, 0.25) is 0 Å². The van der Waals surface area contributed by atoms with Crippen LogP contribution < -0.4 is 0 Å². The molecule has 0 aliphatic carbocycles. The van der Waals surface area contributed by atoms with Crippen LogP contribution in [-0.4, -0.2) is 26.3 Å². The van der Waals surface area contributed by atoms with Crippen molar-refractivity contribution >= 4 is 16.9 Å². The number of rotatable bonds is 2. The summed E-state index contributed by atoms with van der Waals surface area (Å²) in [5.41, 5.74) is 0.684. The van der Waals surface area contributed by atoms with Crippen molar-refractivity contribution in [3.63, 3.8) is 0 Å². The van der Waals surface area contributed by atoms with Crippen molar-refractivity contribution in [1.29, 1.82) is 0 Å². The van der Waals surface area contributed by atoms with Crippen LogP contribution in [0, 0.1) is 0 Å². The van der Waals surface area contributed by atoms with Gasteiger partial charge in [-0.15, -0.1) is 0 Å². The Hall–Kier alpha value is -2.01. The lowest BCUT2D eigenvalue weighted by atomic mass is 10.1. The van der Waals surface area contributed by atoms with E-state index in [0.717, 1.165) is 0 Å². The topological polar surface area (TPSA) is 93.5 Å². The third-order valence-corrected chi connectivity index (χ3v) is 2.27. The molecule has 2 rings (SSSR count). The van der Waals surface area contributed by atoms with E-state index < -0.39 is 12.1 Å². The number of benzene rings is 1. The minimum absolute atomic E-state index is 0.00500. The number of aliphatic carboxylic acids is 1. The predicted octanol–water partition coefficient (Wildman–Crippen LogP) is 0.991. The highest BCUT2D eigenvalue weighted by Crippen LogP contribution is 2.31. The van der Waals surface area contributed by atoms with E-state index in [1.807, 2.05) is 0 Å². The first-order valence-electron chi connectivity index (χ1n) is 4.31. The largest absolute Gasteiger partial charge is 0.507 e. The van der Waals surface area contributed by atoms with E-state index in [2.05, 4.69) is 4.98 Å². The third-order valence-electron chi connectivity index (χ3n) is 2.27. The Balaban J connectivity index is 2.62. The van der Waals surface area contributed by atoms with Crippen molar-refractivity contribution < 1.29 is 20.1 Å². The number of aromatic hydroxyl groups is 1. The monoisotopic (exact) mass is 207 g/mol. The molecule has 0 saturated carbocycles. The summed E-state index contributed by atoms with van der Waals surface area (Å²) in [4.78, 5) is 13.4. The van der Waals surface area contributed by atoms with Gasteiger partial charge in [-0.2, -0.15) is 0 Å². The van der Waals surface area contributed by atoms with Crippen molar-refractivity contribution in [1.82, 2.24) is 4.98 Å². The van der Waals surface area contributed by atoms with Crippen LogP contribution in [0.5, 0.6) is 5.75 Å². The summed E-state index contributed by atoms with van der Waals surface area (Å²) in [6, 6.07) is 4.60. The van der Waals surface area contributed by atoms with Gasteiger partial charge in [0.05, 0.1) is 0 Å². The summed E-state index contributed by atoms with van der Waals surface area (Å²) in [6.45, 7) is 0. The Morgan fingerprint density at radius 1 is 1.33 bits per heavy atom. The first-order chi connectivity index (χ1) is 7.11. The van der Waals surface area contributed by atoms with Gasteiger partial charge in [0.15, 0.2) is 6.10 Å². The molecule has 5 heteroatoms. The van der Waals surface area contributed by atoms with Gasteiger partial charge in [0.1, 0.15) is 5.75 Å². The molecule has 0 fully saturated rings. The first-order valence-corrected chi connectivity index (χ1v) is 4.31. The second-order valence-electron chi connectivity index (χ2n) is 3.18. The average Bonchev–Trinajstić information content (AvgIpc) is 2.66. The van der Waals surface area contributed by atoms with Crippen LogP contribution >= 0.6 is 0 Å². The Morgan fingerprint density at radius 3 is 2.73 bits per heavy atom. The zero-order chi connectivity index (χ0) is 11.0. The molecular formula is C10H9NO4. The van der Waals surface area contributed by atoms with E-state index in [1.165, 1.54) is 6.07 Å². The number of carboxylic acid groups (broad SMARTS) is 1. The van der Waals surface area contributed by atoms with E-state index in [1.54, 1.807) is 18.3 Å². The fourth-order valence-electron chi connectivity index (χ4n) is 1.49. The Morgan fingerprint density at radius 2 is 2.07 bits per heavy atom. The van der Waals surface area contributed by atoms with Crippen molar-refractivity contribution in [2.24, 2.45) is 0 Å². The molecule has 4 N–H and O–H groups in total. The van der Waals surface area contributed by atoms with Gasteiger partial charge in [-0.1, -0.05) is 6.07 Å². The quantitative estimate of drug-likeness (QED) is 0.590. The van der Waals surface area contributed by atoms with Crippen LogP contribution in [0.1, 0.15) is 11.7 Å². The second kappa shape index (κ2) is 3.29. The molecular weight excluding hydrogens is 198 g/mol. The second-order valence-corrected chi connectivity index (χ2v) is 3.18. The Kier molecular flexibility index (Phi) is 2.09. The molecule has 0 amide bonds. The van der Waals surface area contributed by atoms with Crippen LogP contribution in [0.3, 0.4) is 0 Å². The highest BCUT2D eigenvalue weighted by Gasteiger charge is 2.20. The minimum Gasteiger partial charge on any atom is -0.507 e. The number of hydrogen-bond acceptors (Lipinski definition) is 3. The number of aromatic amines is 1. The molecule has 0 saturated heterocycles. The lowest BCUT2D eigenvalue weighted by Gasteiger charge is -2.08. The number of phenolic OH excluding ortho intramolecular Hbond substituents is 1. The lowest BCUT2D eigenvalue weighted by Crippen LogP contribution is -2.10. The maximum absolute atomic E-state index is 10.6. The van der Waals surface area contributed by atoms with Crippen LogP contribution in [0.2, 0.25) is 0 Å². The molecule has 2 aromatic rings. The molecule has 0 bridgehead atoms. The molecule has 5 nitrogen and oxygen atoms in total. The summed E-state index contributed by atoms with van der Waals surface area (Å²) in [5.74, 6) is -1.59. The molecule has 0 radical (unpaired) electrons. The predicted molar refractivity (Wildman–Crippen MR) is 52.6 cm³/mol. The normalized spacial score (nSPS) is 12.9. The SMILES string of the molecule is O=C(O)C(O)c1ccc2[nH]ccc2c1O. The number of aromatic nitrogens is 1. The zero-order valence-electron chi connectivity index (χ0n) is 7.64. The summed E-state index contributed by atoms with van der Waals surface area (Å²) < 4.78 is 0. The molecule has 78 valence electrons. The molecule has 1 atom stereocenters. The van der Waals surface area contributed by atoms with Crippen molar-refractivity contribution in [3.05, 3.63) is 30.0 Å². The molecule has 0 aliphatic heterocycles. The lowest BCUT2D eigenvalue weighted by molar-refractivity contribution is -0.147. The van der Waals surface area contributed by atoms with Crippen molar-refractivity contribution in [2.45, 2.75) is 6.10 Å². The highest BCUT2D eigenvalue weighted by atomic mass is 16.4. The molecule has 1 unspecified atom stereocenters. The van der Waals surface area contributed by atoms with E-state index in [9.17, 15) is 15.0 Å². The molecule has 1 heterocycles.